The molecule has 2 aliphatic heterocycles. The molecule has 1 aromatic carbocycles. The van der Waals surface area contributed by atoms with Crippen LogP contribution >= 0.6 is 24.0 Å². The van der Waals surface area contributed by atoms with Gasteiger partial charge in [0.25, 0.3) is 5.91 Å². The Morgan fingerprint density at radius 3 is 2.70 bits per heavy atom. The minimum absolute atomic E-state index is 0.0225. The van der Waals surface area contributed by atoms with E-state index in [9.17, 15) is 13.2 Å². The molecule has 1 amide bonds. The van der Waals surface area contributed by atoms with Gasteiger partial charge in [-0.2, -0.15) is 0 Å². The van der Waals surface area contributed by atoms with Gasteiger partial charge in [0.1, 0.15) is 4.32 Å². The summed E-state index contributed by atoms with van der Waals surface area (Å²) < 4.78 is 35.6. The molecule has 2 saturated heterocycles. The third kappa shape index (κ3) is 5.56. The average molecular weight is 470 g/mol. The number of benzene rings is 1. The number of hydrogen-bond acceptors (Lipinski definition) is 7. The summed E-state index contributed by atoms with van der Waals surface area (Å²) in [4.78, 5) is 14.8. The number of carbonyl (C=O) groups is 1. The molecule has 9 heteroatoms. The van der Waals surface area contributed by atoms with Crippen molar-refractivity contribution < 1.29 is 22.7 Å². The predicted octanol–water partition coefficient (Wildman–Crippen LogP) is 4.04. The van der Waals surface area contributed by atoms with Crippen LogP contribution in [-0.4, -0.2) is 54.3 Å². The van der Waals surface area contributed by atoms with Crippen molar-refractivity contribution in [1.29, 1.82) is 0 Å². The third-order valence-electron chi connectivity index (χ3n) is 4.97. The van der Waals surface area contributed by atoms with Crippen LogP contribution in [0.5, 0.6) is 11.5 Å². The molecule has 164 valence electrons. The number of ether oxygens (including phenoxy) is 2. The fourth-order valence-electron chi connectivity index (χ4n) is 3.46. The van der Waals surface area contributed by atoms with Crippen molar-refractivity contribution in [2.24, 2.45) is 0 Å². The largest absolute Gasteiger partial charge is 0.490 e. The Morgan fingerprint density at radius 2 is 2.03 bits per heavy atom. The molecule has 0 aromatic heterocycles. The Morgan fingerprint density at radius 1 is 1.23 bits per heavy atom. The van der Waals surface area contributed by atoms with Crippen molar-refractivity contribution in [3.05, 3.63) is 28.7 Å². The summed E-state index contributed by atoms with van der Waals surface area (Å²) in [6.07, 6.45) is 5.44. The summed E-state index contributed by atoms with van der Waals surface area (Å²) in [5.41, 5.74) is 0.805. The lowest BCUT2D eigenvalue weighted by atomic mass is 10.1. The first-order valence-electron chi connectivity index (χ1n) is 10.2. The van der Waals surface area contributed by atoms with Crippen LogP contribution in [0.3, 0.4) is 0 Å². The molecule has 0 radical (unpaired) electrons. The maximum atomic E-state index is 12.9. The molecule has 0 N–H and O–H groups in total. The summed E-state index contributed by atoms with van der Waals surface area (Å²) in [7, 11) is -3.10. The van der Waals surface area contributed by atoms with Gasteiger partial charge in [-0.25, -0.2) is 8.42 Å². The van der Waals surface area contributed by atoms with Crippen molar-refractivity contribution in [1.82, 2.24) is 4.90 Å². The predicted molar refractivity (Wildman–Crippen MR) is 125 cm³/mol. The summed E-state index contributed by atoms with van der Waals surface area (Å²) in [5.74, 6) is 1.18. The monoisotopic (exact) mass is 469 g/mol. The Kier molecular flexibility index (Phi) is 7.81. The first-order chi connectivity index (χ1) is 14.3. The highest BCUT2D eigenvalue weighted by Gasteiger charge is 2.42. The Bertz CT molecular complexity index is 942. The molecule has 0 aliphatic carbocycles. The van der Waals surface area contributed by atoms with Crippen LogP contribution in [0.1, 0.15) is 45.1 Å². The molecule has 2 fully saturated rings. The van der Waals surface area contributed by atoms with E-state index in [1.807, 2.05) is 25.1 Å². The van der Waals surface area contributed by atoms with Gasteiger partial charge in [-0.05, 0) is 43.5 Å². The van der Waals surface area contributed by atoms with E-state index >= 15 is 0 Å². The zero-order valence-corrected chi connectivity index (χ0v) is 19.7. The van der Waals surface area contributed by atoms with E-state index in [0.717, 1.165) is 24.8 Å². The van der Waals surface area contributed by atoms with Crippen LogP contribution in [0.4, 0.5) is 0 Å². The molecule has 3 rings (SSSR count). The number of amides is 1. The van der Waals surface area contributed by atoms with Gasteiger partial charge in [-0.15, -0.1) is 0 Å². The number of unbranched alkanes of at least 4 members (excludes halogenated alkanes) is 2. The first kappa shape index (κ1) is 23.1. The normalized spacial score (nSPS) is 22.1. The first-order valence-corrected chi connectivity index (χ1v) is 13.3. The van der Waals surface area contributed by atoms with Gasteiger partial charge in [0.15, 0.2) is 21.3 Å². The lowest BCUT2D eigenvalue weighted by Crippen LogP contribution is -2.39. The van der Waals surface area contributed by atoms with Gasteiger partial charge >= 0.3 is 0 Å². The second-order valence-electron chi connectivity index (χ2n) is 7.30. The SMILES string of the molecule is CCCCCOc1ccc(/C=C2/SC(=S)N([C@H]3CCS(=O)(=O)C3)C2=O)cc1OCC. The fraction of sp³-hybridized carbons (Fsp3) is 0.524. The van der Waals surface area contributed by atoms with Gasteiger partial charge in [0.2, 0.25) is 0 Å². The van der Waals surface area contributed by atoms with Gasteiger partial charge in [0.05, 0.1) is 35.7 Å². The molecule has 1 aromatic rings. The van der Waals surface area contributed by atoms with Crippen LogP contribution < -0.4 is 9.47 Å². The second kappa shape index (κ2) is 10.2. The van der Waals surface area contributed by atoms with Gasteiger partial charge in [-0.1, -0.05) is 49.8 Å². The average Bonchev–Trinajstić information content (AvgIpc) is 3.18. The van der Waals surface area contributed by atoms with Crippen molar-refractivity contribution in [2.75, 3.05) is 24.7 Å². The highest BCUT2D eigenvalue weighted by atomic mass is 32.2. The number of carbonyl (C=O) groups excluding carboxylic acids is 1. The van der Waals surface area contributed by atoms with E-state index < -0.39 is 9.84 Å². The minimum Gasteiger partial charge on any atom is -0.490 e. The smallest absolute Gasteiger partial charge is 0.266 e. The summed E-state index contributed by atoms with van der Waals surface area (Å²) in [6.45, 7) is 5.20. The van der Waals surface area contributed by atoms with E-state index in [1.165, 1.54) is 16.7 Å². The maximum Gasteiger partial charge on any atom is 0.266 e. The molecule has 0 unspecified atom stereocenters. The third-order valence-corrected chi connectivity index (χ3v) is 8.05. The molecular weight excluding hydrogens is 442 g/mol. The molecule has 0 saturated carbocycles. The number of thioether (sulfide) groups is 1. The molecule has 30 heavy (non-hydrogen) atoms. The Hall–Kier alpha value is -1.58. The van der Waals surface area contributed by atoms with Crippen molar-refractivity contribution >= 4 is 50.1 Å². The van der Waals surface area contributed by atoms with Crippen LogP contribution in [0.15, 0.2) is 23.1 Å². The standard InChI is InChI=1S/C21H27NO5S3/c1-3-5-6-10-27-17-8-7-15(12-18(17)26-4-2)13-19-20(23)22(21(28)29-19)16-9-11-30(24,25)14-16/h7-8,12-13,16H,3-6,9-11,14H2,1-2H3/b19-13+/t16-/m0/s1. The minimum atomic E-state index is -3.10. The van der Waals surface area contributed by atoms with Gasteiger partial charge in [-0.3, -0.25) is 9.69 Å². The van der Waals surface area contributed by atoms with Crippen molar-refractivity contribution in [3.63, 3.8) is 0 Å². The Labute approximate surface area is 187 Å². The molecule has 1 atom stereocenters. The van der Waals surface area contributed by atoms with Crippen LogP contribution in [0, 0.1) is 0 Å². The molecular formula is C21H27NO5S3. The van der Waals surface area contributed by atoms with Crippen LogP contribution in [0.2, 0.25) is 0 Å². The topological polar surface area (TPSA) is 72.9 Å². The number of thiocarbonyl (C=S) groups is 1. The zero-order valence-electron chi connectivity index (χ0n) is 17.3. The fourth-order valence-corrected chi connectivity index (χ4v) is 6.56. The quantitative estimate of drug-likeness (QED) is 0.307. The van der Waals surface area contributed by atoms with Gasteiger partial charge in [0, 0.05) is 0 Å². The lowest BCUT2D eigenvalue weighted by Gasteiger charge is -2.20. The van der Waals surface area contributed by atoms with Crippen molar-refractivity contribution in [2.45, 2.75) is 45.6 Å². The molecule has 2 heterocycles. The lowest BCUT2D eigenvalue weighted by molar-refractivity contribution is -0.123. The Balaban J connectivity index is 1.76. The van der Waals surface area contributed by atoms with E-state index in [2.05, 4.69) is 6.92 Å². The summed E-state index contributed by atoms with van der Waals surface area (Å²) in [5, 5.41) is 0. The zero-order chi connectivity index (χ0) is 21.7. The number of nitrogens with zero attached hydrogens (tertiary/aromatic N) is 1. The summed E-state index contributed by atoms with van der Waals surface area (Å²) >= 11 is 6.58. The van der Waals surface area contributed by atoms with Crippen LogP contribution in [0.25, 0.3) is 6.08 Å². The van der Waals surface area contributed by atoms with E-state index in [4.69, 9.17) is 21.7 Å². The van der Waals surface area contributed by atoms with E-state index in [0.29, 0.717) is 40.4 Å². The second-order valence-corrected chi connectivity index (χ2v) is 11.2. The number of hydrogen-bond donors (Lipinski definition) is 0. The highest BCUT2D eigenvalue weighted by Crippen LogP contribution is 2.37. The maximum absolute atomic E-state index is 12.9. The number of rotatable bonds is 9. The van der Waals surface area contributed by atoms with Crippen molar-refractivity contribution in [3.8, 4) is 11.5 Å². The molecule has 0 spiro atoms. The van der Waals surface area contributed by atoms with E-state index in [-0.39, 0.29) is 23.5 Å². The highest BCUT2D eigenvalue weighted by molar-refractivity contribution is 8.26. The van der Waals surface area contributed by atoms with E-state index in [1.54, 1.807) is 6.08 Å². The molecule has 2 aliphatic rings. The molecule has 6 nitrogen and oxygen atoms in total. The molecule has 0 bridgehead atoms. The van der Waals surface area contributed by atoms with Crippen LogP contribution in [-0.2, 0) is 14.6 Å². The van der Waals surface area contributed by atoms with Gasteiger partial charge < -0.3 is 9.47 Å². The number of sulfone groups is 1. The summed E-state index contributed by atoms with van der Waals surface area (Å²) in [6, 6.07) is 5.22.